The maximum atomic E-state index is 5.38. The van der Waals surface area contributed by atoms with E-state index in [0.717, 1.165) is 56.6 Å². The van der Waals surface area contributed by atoms with E-state index in [9.17, 15) is 0 Å². The third-order valence-electron chi connectivity index (χ3n) is 4.73. The second-order valence-electron chi connectivity index (χ2n) is 8.26. The number of aliphatic imine (C=N–C) groups is 1. The molecule has 1 aromatic carbocycles. The van der Waals surface area contributed by atoms with E-state index in [-0.39, 0.29) is 5.54 Å². The lowest BCUT2D eigenvalue weighted by Gasteiger charge is -2.22. The first-order chi connectivity index (χ1) is 13.3. The standard InChI is InChI=1S/C21H37N5O2/c1-21(2,3)24-9-8-23-20(22-4)25-17-7-10-26(15-17)14-16-11-18(27-5)13-19(12-16)28-6/h11-13,17,24H,7-10,14-15H2,1-6H3,(H2,22,23,25). The van der Waals surface area contributed by atoms with Crippen molar-refractivity contribution in [3.05, 3.63) is 23.8 Å². The summed E-state index contributed by atoms with van der Waals surface area (Å²) in [5, 5.41) is 10.4. The molecule has 0 aliphatic carbocycles. The molecule has 0 spiro atoms. The molecule has 7 heteroatoms. The normalized spacial score (nSPS) is 18.2. The number of nitrogens with zero attached hydrogens (tertiary/aromatic N) is 2. The van der Waals surface area contributed by atoms with Crippen LogP contribution in [0, 0.1) is 0 Å². The van der Waals surface area contributed by atoms with Gasteiger partial charge in [0.1, 0.15) is 11.5 Å². The van der Waals surface area contributed by atoms with Gasteiger partial charge in [0, 0.05) is 57.4 Å². The van der Waals surface area contributed by atoms with Gasteiger partial charge in [-0.05, 0) is 44.9 Å². The van der Waals surface area contributed by atoms with Crippen LogP contribution in [-0.2, 0) is 6.54 Å². The van der Waals surface area contributed by atoms with Crippen molar-refractivity contribution in [2.45, 2.75) is 45.3 Å². The molecule has 7 nitrogen and oxygen atoms in total. The molecule has 0 amide bonds. The molecule has 0 saturated carbocycles. The summed E-state index contributed by atoms with van der Waals surface area (Å²) in [4.78, 5) is 6.80. The summed E-state index contributed by atoms with van der Waals surface area (Å²) in [7, 11) is 5.19. The van der Waals surface area contributed by atoms with Gasteiger partial charge in [0.05, 0.1) is 14.2 Å². The van der Waals surface area contributed by atoms with Crippen molar-refractivity contribution in [1.29, 1.82) is 0 Å². The predicted molar refractivity (Wildman–Crippen MR) is 115 cm³/mol. The average Bonchev–Trinajstić information content (AvgIpc) is 3.09. The van der Waals surface area contributed by atoms with E-state index in [1.807, 2.05) is 13.1 Å². The zero-order valence-corrected chi connectivity index (χ0v) is 18.3. The van der Waals surface area contributed by atoms with Crippen LogP contribution in [-0.4, -0.2) is 69.9 Å². The number of nitrogens with one attached hydrogen (secondary N) is 3. The van der Waals surface area contributed by atoms with Gasteiger partial charge < -0.3 is 25.4 Å². The minimum absolute atomic E-state index is 0.132. The zero-order chi connectivity index (χ0) is 20.6. The van der Waals surface area contributed by atoms with Gasteiger partial charge >= 0.3 is 0 Å². The summed E-state index contributed by atoms with van der Waals surface area (Å²) < 4.78 is 10.8. The monoisotopic (exact) mass is 391 g/mol. The molecule has 1 heterocycles. The molecular weight excluding hydrogens is 354 g/mol. The molecule has 0 bridgehead atoms. The summed E-state index contributed by atoms with van der Waals surface area (Å²) in [5.74, 6) is 2.53. The van der Waals surface area contributed by atoms with Gasteiger partial charge in [0.15, 0.2) is 5.96 Å². The van der Waals surface area contributed by atoms with Crippen LogP contribution in [0.2, 0.25) is 0 Å². The molecule has 1 aliphatic rings. The average molecular weight is 392 g/mol. The van der Waals surface area contributed by atoms with Gasteiger partial charge in [-0.15, -0.1) is 0 Å². The Balaban J connectivity index is 1.80. The Labute approximate surface area is 169 Å². The SMILES string of the molecule is CN=C(NCCNC(C)(C)C)NC1CCN(Cc2cc(OC)cc(OC)c2)C1. The molecule has 1 fully saturated rings. The van der Waals surface area contributed by atoms with Crippen molar-refractivity contribution in [1.82, 2.24) is 20.9 Å². The lowest BCUT2D eigenvalue weighted by Crippen LogP contribution is -2.47. The first-order valence-corrected chi connectivity index (χ1v) is 9.99. The van der Waals surface area contributed by atoms with E-state index >= 15 is 0 Å². The summed E-state index contributed by atoms with van der Waals surface area (Å²) in [5.41, 5.74) is 1.33. The van der Waals surface area contributed by atoms with Crippen LogP contribution in [0.1, 0.15) is 32.8 Å². The number of hydrogen-bond acceptors (Lipinski definition) is 5. The number of benzene rings is 1. The highest BCUT2D eigenvalue weighted by Crippen LogP contribution is 2.24. The largest absolute Gasteiger partial charge is 0.497 e. The number of hydrogen-bond donors (Lipinski definition) is 3. The molecule has 158 valence electrons. The number of guanidine groups is 1. The molecular formula is C21H37N5O2. The Kier molecular flexibility index (Phi) is 8.38. The lowest BCUT2D eigenvalue weighted by molar-refractivity contribution is 0.321. The van der Waals surface area contributed by atoms with Crippen LogP contribution in [0.25, 0.3) is 0 Å². The summed E-state index contributed by atoms with van der Waals surface area (Å²) >= 11 is 0. The van der Waals surface area contributed by atoms with Crippen molar-refractivity contribution in [3.63, 3.8) is 0 Å². The van der Waals surface area contributed by atoms with Crippen LogP contribution in [0.3, 0.4) is 0 Å². The highest BCUT2D eigenvalue weighted by Gasteiger charge is 2.23. The van der Waals surface area contributed by atoms with Gasteiger partial charge in [-0.25, -0.2) is 0 Å². The van der Waals surface area contributed by atoms with Crippen LogP contribution >= 0.6 is 0 Å². The Morgan fingerprint density at radius 3 is 2.39 bits per heavy atom. The molecule has 1 aromatic rings. The van der Waals surface area contributed by atoms with Gasteiger partial charge in [-0.2, -0.15) is 0 Å². The molecule has 1 aliphatic heterocycles. The second kappa shape index (κ2) is 10.5. The van der Waals surface area contributed by atoms with Crippen molar-refractivity contribution in [2.75, 3.05) is 47.4 Å². The number of likely N-dealkylation sites (tertiary alicyclic amines) is 1. The maximum Gasteiger partial charge on any atom is 0.191 e. The van der Waals surface area contributed by atoms with Crippen molar-refractivity contribution < 1.29 is 9.47 Å². The van der Waals surface area contributed by atoms with Crippen LogP contribution in [0.15, 0.2) is 23.2 Å². The molecule has 0 aromatic heterocycles. The summed E-state index contributed by atoms with van der Waals surface area (Å²) in [6.45, 7) is 11.2. The number of methoxy groups -OCH3 is 2. The van der Waals surface area contributed by atoms with Gasteiger partial charge in [-0.1, -0.05) is 0 Å². The summed E-state index contributed by atoms with van der Waals surface area (Å²) in [6.07, 6.45) is 1.10. The van der Waals surface area contributed by atoms with E-state index in [0.29, 0.717) is 6.04 Å². The fraction of sp³-hybridized carbons (Fsp3) is 0.667. The van der Waals surface area contributed by atoms with Crippen LogP contribution < -0.4 is 25.4 Å². The fourth-order valence-electron chi connectivity index (χ4n) is 3.32. The van der Waals surface area contributed by atoms with Crippen molar-refractivity contribution >= 4 is 5.96 Å². The van der Waals surface area contributed by atoms with Crippen LogP contribution in [0.5, 0.6) is 11.5 Å². The number of rotatable bonds is 8. The van der Waals surface area contributed by atoms with E-state index in [1.54, 1.807) is 14.2 Å². The highest BCUT2D eigenvalue weighted by molar-refractivity contribution is 5.80. The van der Waals surface area contributed by atoms with Crippen LogP contribution in [0.4, 0.5) is 0 Å². The molecule has 1 atom stereocenters. The molecule has 28 heavy (non-hydrogen) atoms. The van der Waals surface area contributed by atoms with E-state index < -0.39 is 0 Å². The third kappa shape index (κ3) is 7.56. The smallest absolute Gasteiger partial charge is 0.191 e. The Morgan fingerprint density at radius 2 is 1.82 bits per heavy atom. The second-order valence-corrected chi connectivity index (χ2v) is 8.26. The number of ether oxygens (including phenoxy) is 2. The molecule has 3 N–H and O–H groups in total. The minimum Gasteiger partial charge on any atom is -0.497 e. The molecule has 1 saturated heterocycles. The predicted octanol–water partition coefficient (Wildman–Crippen LogP) is 1.83. The maximum absolute atomic E-state index is 5.38. The molecule has 2 rings (SSSR count). The van der Waals surface area contributed by atoms with Gasteiger partial charge in [0.2, 0.25) is 0 Å². The topological polar surface area (TPSA) is 70.2 Å². The lowest BCUT2D eigenvalue weighted by atomic mass is 10.1. The quantitative estimate of drug-likeness (QED) is 0.357. The van der Waals surface area contributed by atoms with Crippen molar-refractivity contribution in [2.24, 2.45) is 4.99 Å². The third-order valence-corrected chi connectivity index (χ3v) is 4.73. The van der Waals surface area contributed by atoms with Crippen molar-refractivity contribution in [3.8, 4) is 11.5 Å². The zero-order valence-electron chi connectivity index (χ0n) is 18.3. The minimum atomic E-state index is 0.132. The van der Waals surface area contributed by atoms with Gasteiger partial charge in [0.25, 0.3) is 0 Å². The Bertz CT molecular complexity index is 620. The first-order valence-electron chi connectivity index (χ1n) is 9.99. The highest BCUT2D eigenvalue weighted by atomic mass is 16.5. The molecule has 1 unspecified atom stereocenters. The Morgan fingerprint density at radius 1 is 1.14 bits per heavy atom. The first kappa shape index (κ1) is 22.3. The van der Waals surface area contributed by atoms with E-state index in [2.05, 4.69) is 58.7 Å². The van der Waals surface area contributed by atoms with Gasteiger partial charge in [-0.3, -0.25) is 9.89 Å². The van der Waals surface area contributed by atoms with E-state index in [4.69, 9.17) is 9.47 Å². The summed E-state index contributed by atoms with van der Waals surface area (Å²) in [6, 6.07) is 6.45. The Hall–Kier alpha value is -1.99. The fourth-order valence-corrected chi connectivity index (χ4v) is 3.32. The molecule has 0 radical (unpaired) electrons. The van der Waals surface area contributed by atoms with E-state index in [1.165, 1.54) is 5.56 Å².